The van der Waals surface area contributed by atoms with Crippen molar-refractivity contribution in [2.24, 2.45) is 0 Å². The minimum absolute atomic E-state index is 0.500. The molecule has 0 aliphatic heterocycles. The van der Waals surface area contributed by atoms with Crippen LogP contribution in [0.1, 0.15) is 32.4 Å². The molecule has 0 fully saturated rings. The molecule has 0 amide bonds. The molecule has 0 saturated carbocycles. The number of hydrogen-bond donors (Lipinski definition) is 0. The number of benzene rings is 2. The Morgan fingerprint density at radius 2 is 1.65 bits per heavy atom. The first-order valence-electron chi connectivity index (χ1n) is 7.06. The van der Waals surface area contributed by atoms with Crippen molar-refractivity contribution < 1.29 is 14.3 Å². The highest BCUT2D eigenvalue weighted by Gasteiger charge is 2.44. The predicted molar refractivity (Wildman–Crippen MR) is 94.3 cm³/mol. The van der Waals surface area contributed by atoms with Gasteiger partial charge in [0.2, 0.25) is 3.79 Å². The second kappa shape index (κ2) is 6.76. The molecule has 3 nitrogen and oxygen atoms in total. The summed E-state index contributed by atoms with van der Waals surface area (Å²) in [5.74, 6) is 0. The van der Waals surface area contributed by atoms with E-state index >= 15 is 0 Å². The molecule has 0 bridgehead atoms. The third kappa shape index (κ3) is 4.23. The minimum atomic E-state index is -1.76. The lowest BCUT2D eigenvalue weighted by Crippen LogP contribution is -2.41. The van der Waals surface area contributed by atoms with E-state index in [9.17, 15) is 4.79 Å². The first kappa shape index (κ1) is 18.2. The zero-order valence-electron chi connectivity index (χ0n) is 13.0. The Morgan fingerprint density at radius 3 is 2.30 bits per heavy atom. The standard InChI is InChI=1S/C17H17Cl3O3/c1-11(22-15(21)23-16(2,3)17(18,19)20)13-10-6-8-12-7-4-5-9-14(12)13/h4-11H,1-3H3/t11-/m0/s1. The predicted octanol–water partition coefficient (Wildman–Crippen LogP) is 6.20. The Hall–Kier alpha value is -1.16. The van der Waals surface area contributed by atoms with Crippen LogP contribution in [-0.4, -0.2) is 15.5 Å². The molecule has 0 aliphatic rings. The van der Waals surface area contributed by atoms with E-state index in [2.05, 4.69) is 0 Å². The molecule has 23 heavy (non-hydrogen) atoms. The zero-order chi connectivity index (χ0) is 17.3. The Kier molecular flexibility index (Phi) is 5.34. The van der Waals surface area contributed by atoms with E-state index in [1.54, 1.807) is 6.92 Å². The largest absolute Gasteiger partial charge is 0.509 e. The van der Waals surface area contributed by atoms with E-state index in [1.165, 1.54) is 13.8 Å². The highest BCUT2D eigenvalue weighted by molar-refractivity contribution is 6.68. The van der Waals surface area contributed by atoms with Gasteiger partial charge < -0.3 is 9.47 Å². The molecule has 2 aromatic carbocycles. The normalized spacial score (nSPS) is 13.7. The molecular formula is C17H17Cl3O3. The summed E-state index contributed by atoms with van der Waals surface area (Å²) in [4.78, 5) is 12.0. The average Bonchev–Trinajstić information content (AvgIpc) is 2.44. The van der Waals surface area contributed by atoms with E-state index in [0.717, 1.165) is 16.3 Å². The van der Waals surface area contributed by atoms with Crippen LogP contribution in [0.25, 0.3) is 10.8 Å². The van der Waals surface area contributed by atoms with Gasteiger partial charge in [-0.3, -0.25) is 0 Å². The van der Waals surface area contributed by atoms with E-state index in [0.29, 0.717) is 0 Å². The Balaban J connectivity index is 2.15. The monoisotopic (exact) mass is 374 g/mol. The molecule has 0 aliphatic carbocycles. The van der Waals surface area contributed by atoms with Gasteiger partial charge in [-0.05, 0) is 31.5 Å². The van der Waals surface area contributed by atoms with Gasteiger partial charge in [0, 0.05) is 5.56 Å². The summed E-state index contributed by atoms with van der Waals surface area (Å²) >= 11 is 17.4. The number of halogens is 3. The SMILES string of the molecule is C[C@H](OC(=O)OC(C)(C)C(Cl)(Cl)Cl)c1cccc2ccccc12. The lowest BCUT2D eigenvalue weighted by atomic mass is 10.0. The Morgan fingerprint density at radius 1 is 1.04 bits per heavy atom. The van der Waals surface area contributed by atoms with Crippen LogP contribution in [0.2, 0.25) is 0 Å². The maximum Gasteiger partial charge on any atom is 0.509 e. The molecule has 6 heteroatoms. The van der Waals surface area contributed by atoms with E-state index < -0.39 is 21.7 Å². The van der Waals surface area contributed by atoms with Crippen molar-refractivity contribution in [1.82, 2.24) is 0 Å². The van der Waals surface area contributed by atoms with Gasteiger partial charge in [0.15, 0.2) is 5.60 Å². The third-order valence-electron chi connectivity index (χ3n) is 3.56. The van der Waals surface area contributed by atoms with Gasteiger partial charge in [-0.25, -0.2) is 4.79 Å². The summed E-state index contributed by atoms with van der Waals surface area (Å²) in [6.45, 7) is 4.78. The molecular weight excluding hydrogens is 359 g/mol. The quantitative estimate of drug-likeness (QED) is 0.473. The fraction of sp³-hybridized carbons (Fsp3) is 0.353. The summed E-state index contributed by atoms with van der Waals surface area (Å²) in [7, 11) is 0. The highest BCUT2D eigenvalue weighted by atomic mass is 35.6. The molecule has 0 N–H and O–H groups in total. The summed E-state index contributed by atoms with van der Waals surface area (Å²) < 4.78 is 8.73. The van der Waals surface area contributed by atoms with Gasteiger partial charge >= 0.3 is 6.16 Å². The molecule has 1 atom stereocenters. The number of fused-ring (bicyclic) bond motifs is 1. The van der Waals surface area contributed by atoms with E-state index in [1.807, 2.05) is 42.5 Å². The number of carbonyl (C=O) groups is 1. The summed E-state index contributed by atoms with van der Waals surface area (Å²) in [6, 6.07) is 13.7. The van der Waals surface area contributed by atoms with Crippen molar-refractivity contribution >= 4 is 51.7 Å². The fourth-order valence-corrected chi connectivity index (χ4v) is 2.22. The molecule has 2 aromatic rings. The first-order valence-corrected chi connectivity index (χ1v) is 8.19. The van der Waals surface area contributed by atoms with Crippen molar-refractivity contribution in [3.63, 3.8) is 0 Å². The van der Waals surface area contributed by atoms with Crippen LogP contribution < -0.4 is 0 Å². The third-order valence-corrected chi connectivity index (χ3v) is 4.92. The number of rotatable bonds is 3. The van der Waals surface area contributed by atoms with Gasteiger partial charge in [-0.1, -0.05) is 77.3 Å². The zero-order valence-corrected chi connectivity index (χ0v) is 15.2. The Bertz CT molecular complexity index is 702. The fourth-order valence-electron chi connectivity index (χ4n) is 2.10. The van der Waals surface area contributed by atoms with Gasteiger partial charge in [0.25, 0.3) is 0 Å². The molecule has 0 radical (unpaired) electrons. The highest BCUT2D eigenvalue weighted by Crippen LogP contribution is 2.40. The minimum Gasteiger partial charge on any atom is -0.426 e. The van der Waals surface area contributed by atoms with Gasteiger partial charge in [0.05, 0.1) is 0 Å². The summed E-state index contributed by atoms with van der Waals surface area (Å²) in [5, 5.41) is 2.08. The molecule has 0 aromatic heterocycles. The maximum absolute atomic E-state index is 12.0. The number of ether oxygens (including phenoxy) is 2. The summed E-state index contributed by atoms with van der Waals surface area (Å²) in [6.07, 6.45) is -1.39. The van der Waals surface area contributed by atoms with Crippen LogP contribution in [0.15, 0.2) is 42.5 Å². The van der Waals surface area contributed by atoms with Gasteiger partial charge in [-0.15, -0.1) is 0 Å². The molecule has 2 rings (SSSR count). The average molecular weight is 376 g/mol. The molecule has 0 saturated heterocycles. The van der Waals surface area contributed by atoms with Crippen molar-refractivity contribution in [3.8, 4) is 0 Å². The second-order valence-electron chi connectivity index (χ2n) is 5.69. The summed E-state index contributed by atoms with van der Waals surface area (Å²) in [5.41, 5.74) is -0.431. The Labute approximate surface area is 150 Å². The number of alkyl halides is 3. The first-order chi connectivity index (χ1) is 10.6. The maximum atomic E-state index is 12.0. The van der Waals surface area contributed by atoms with E-state index in [-0.39, 0.29) is 0 Å². The molecule has 0 spiro atoms. The van der Waals surface area contributed by atoms with Crippen molar-refractivity contribution in [1.29, 1.82) is 0 Å². The number of carbonyl (C=O) groups excluding carboxylic acids is 1. The molecule has 0 heterocycles. The smallest absolute Gasteiger partial charge is 0.426 e. The second-order valence-corrected chi connectivity index (χ2v) is 7.97. The van der Waals surface area contributed by atoms with Crippen LogP contribution in [-0.2, 0) is 9.47 Å². The van der Waals surface area contributed by atoms with Crippen LogP contribution >= 0.6 is 34.8 Å². The molecule has 0 unspecified atom stereocenters. The number of hydrogen-bond acceptors (Lipinski definition) is 3. The van der Waals surface area contributed by atoms with Crippen LogP contribution in [0, 0.1) is 0 Å². The van der Waals surface area contributed by atoms with Crippen LogP contribution in [0.5, 0.6) is 0 Å². The van der Waals surface area contributed by atoms with Crippen molar-refractivity contribution in [3.05, 3.63) is 48.0 Å². The van der Waals surface area contributed by atoms with Gasteiger partial charge in [0.1, 0.15) is 6.10 Å². The van der Waals surface area contributed by atoms with Crippen molar-refractivity contribution in [2.45, 2.75) is 36.3 Å². The topological polar surface area (TPSA) is 35.5 Å². The molecule has 124 valence electrons. The van der Waals surface area contributed by atoms with Crippen LogP contribution in [0.3, 0.4) is 0 Å². The van der Waals surface area contributed by atoms with Crippen molar-refractivity contribution in [2.75, 3.05) is 0 Å². The lowest BCUT2D eigenvalue weighted by molar-refractivity contribution is -0.0299. The van der Waals surface area contributed by atoms with Gasteiger partial charge in [-0.2, -0.15) is 0 Å². The lowest BCUT2D eigenvalue weighted by Gasteiger charge is -2.31. The van der Waals surface area contributed by atoms with Crippen LogP contribution in [0.4, 0.5) is 4.79 Å². The van der Waals surface area contributed by atoms with E-state index in [4.69, 9.17) is 44.3 Å².